The van der Waals surface area contributed by atoms with E-state index in [1.54, 1.807) is 0 Å². The molecule has 1 N–H and O–H groups in total. The fourth-order valence-electron chi connectivity index (χ4n) is 2.89. The van der Waals surface area contributed by atoms with Crippen LogP contribution in [0.1, 0.15) is 10.5 Å². The number of benzene rings is 2. The first-order valence-corrected chi connectivity index (χ1v) is 9.53. The maximum Gasteiger partial charge on any atom is 0.277 e. The van der Waals surface area contributed by atoms with Crippen LogP contribution in [0.3, 0.4) is 0 Å². The minimum atomic E-state index is -0.346. The Balaban J connectivity index is 1.36. The first-order chi connectivity index (χ1) is 13.8. The lowest BCUT2D eigenvalue weighted by atomic mass is 10.1. The standard InChI is InChI=1S/C20H14N4O3S/c25-19(15-10-21-13-3-1-2-4-14(13)22-15)24-20-23-16(11-28-20)12-5-6-17-18(9-12)27-8-7-26-17/h1-6,9-11H,7-8H2,(H,23,24,25). The molecule has 0 atom stereocenters. The Kier molecular flexibility index (Phi) is 4.10. The number of fused-ring (bicyclic) bond motifs is 2. The van der Waals surface area contributed by atoms with Gasteiger partial charge in [0.15, 0.2) is 16.6 Å². The molecule has 0 bridgehead atoms. The minimum absolute atomic E-state index is 0.245. The van der Waals surface area contributed by atoms with Gasteiger partial charge in [0.25, 0.3) is 5.91 Å². The highest BCUT2D eigenvalue weighted by Crippen LogP contribution is 2.35. The molecule has 0 saturated carbocycles. The highest BCUT2D eigenvalue weighted by Gasteiger charge is 2.15. The number of thiazole rings is 1. The molecule has 7 nitrogen and oxygen atoms in total. The van der Waals surface area contributed by atoms with Crippen molar-refractivity contribution in [2.45, 2.75) is 0 Å². The maximum atomic E-state index is 12.5. The first-order valence-electron chi connectivity index (χ1n) is 8.65. The number of hydrogen-bond acceptors (Lipinski definition) is 7. The van der Waals surface area contributed by atoms with Crippen LogP contribution in [0.4, 0.5) is 5.13 Å². The Hall–Kier alpha value is -3.52. The molecule has 5 rings (SSSR count). The molecule has 0 unspecified atom stereocenters. The van der Waals surface area contributed by atoms with Gasteiger partial charge in [0.2, 0.25) is 0 Å². The second-order valence-corrected chi connectivity index (χ2v) is 6.95. The van der Waals surface area contributed by atoms with E-state index in [1.165, 1.54) is 17.5 Å². The number of carbonyl (C=O) groups excluding carboxylic acids is 1. The summed E-state index contributed by atoms with van der Waals surface area (Å²) in [6.45, 7) is 1.08. The Morgan fingerprint density at radius 3 is 2.71 bits per heavy atom. The van der Waals surface area contributed by atoms with E-state index in [1.807, 2.05) is 47.8 Å². The van der Waals surface area contributed by atoms with Crippen LogP contribution in [0.5, 0.6) is 11.5 Å². The van der Waals surface area contributed by atoms with Gasteiger partial charge in [-0.2, -0.15) is 0 Å². The van der Waals surface area contributed by atoms with E-state index in [-0.39, 0.29) is 11.6 Å². The average Bonchev–Trinajstić information content (AvgIpc) is 3.21. The molecular formula is C20H14N4O3S. The van der Waals surface area contributed by atoms with Gasteiger partial charge in [0.1, 0.15) is 18.9 Å². The number of aromatic nitrogens is 3. The summed E-state index contributed by atoms with van der Waals surface area (Å²) in [5.41, 5.74) is 3.31. The molecular weight excluding hydrogens is 376 g/mol. The molecule has 4 aromatic rings. The van der Waals surface area contributed by atoms with Crippen LogP contribution in [-0.4, -0.2) is 34.1 Å². The van der Waals surface area contributed by atoms with Crippen molar-refractivity contribution in [3.63, 3.8) is 0 Å². The Morgan fingerprint density at radius 2 is 1.82 bits per heavy atom. The molecule has 0 radical (unpaired) electrons. The zero-order chi connectivity index (χ0) is 18.9. The lowest BCUT2D eigenvalue weighted by molar-refractivity contribution is 0.102. The van der Waals surface area contributed by atoms with Crippen molar-refractivity contribution in [1.82, 2.24) is 15.0 Å². The van der Waals surface area contributed by atoms with Crippen LogP contribution in [0.2, 0.25) is 0 Å². The summed E-state index contributed by atoms with van der Waals surface area (Å²) in [7, 11) is 0. The van der Waals surface area contributed by atoms with Crippen LogP contribution in [0.25, 0.3) is 22.3 Å². The van der Waals surface area contributed by atoms with Crippen LogP contribution >= 0.6 is 11.3 Å². The highest BCUT2D eigenvalue weighted by molar-refractivity contribution is 7.14. The third-order valence-electron chi connectivity index (χ3n) is 4.24. The van der Waals surface area contributed by atoms with Crippen LogP contribution in [0.15, 0.2) is 54.0 Å². The summed E-state index contributed by atoms with van der Waals surface area (Å²) in [6.07, 6.45) is 1.47. The van der Waals surface area contributed by atoms with Gasteiger partial charge in [-0.3, -0.25) is 15.1 Å². The predicted octanol–water partition coefficient (Wildman–Crippen LogP) is 3.78. The number of hydrogen-bond donors (Lipinski definition) is 1. The van der Waals surface area contributed by atoms with E-state index >= 15 is 0 Å². The van der Waals surface area contributed by atoms with Gasteiger partial charge in [-0.25, -0.2) is 9.97 Å². The number of nitrogens with one attached hydrogen (secondary N) is 1. The molecule has 1 aliphatic heterocycles. The van der Waals surface area contributed by atoms with E-state index in [0.29, 0.717) is 29.6 Å². The summed E-state index contributed by atoms with van der Waals surface area (Å²) in [4.78, 5) is 25.6. The number of anilines is 1. The van der Waals surface area contributed by atoms with Crippen molar-refractivity contribution in [1.29, 1.82) is 0 Å². The molecule has 0 aliphatic carbocycles. The van der Waals surface area contributed by atoms with E-state index in [0.717, 1.165) is 22.5 Å². The number of ether oxygens (including phenoxy) is 2. The Bertz CT molecular complexity index is 1190. The number of amides is 1. The number of carbonyl (C=O) groups is 1. The molecule has 28 heavy (non-hydrogen) atoms. The maximum absolute atomic E-state index is 12.5. The number of rotatable bonds is 3. The third-order valence-corrected chi connectivity index (χ3v) is 5.00. The second-order valence-electron chi connectivity index (χ2n) is 6.09. The minimum Gasteiger partial charge on any atom is -0.486 e. The highest BCUT2D eigenvalue weighted by atomic mass is 32.1. The summed E-state index contributed by atoms with van der Waals surface area (Å²) in [5, 5.41) is 5.16. The van der Waals surface area contributed by atoms with Crippen LogP contribution in [0, 0.1) is 0 Å². The van der Waals surface area contributed by atoms with Gasteiger partial charge in [0, 0.05) is 10.9 Å². The molecule has 0 saturated heterocycles. The predicted molar refractivity (Wildman–Crippen MR) is 106 cm³/mol. The van der Waals surface area contributed by atoms with Crippen molar-refractivity contribution in [2.24, 2.45) is 0 Å². The van der Waals surface area contributed by atoms with E-state index in [9.17, 15) is 4.79 Å². The molecule has 138 valence electrons. The monoisotopic (exact) mass is 390 g/mol. The SMILES string of the molecule is O=C(Nc1nc(-c2ccc3c(c2)OCCO3)cs1)c1cnc2ccccc2n1. The molecule has 8 heteroatoms. The molecule has 1 aliphatic rings. The lowest BCUT2D eigenvalue weighted by Gasteiger charge is -2.18. The molecule has 0 spiro atoms. The van der Waals surface area contributed by atoms with Gasteiger partial charge < -0.3 is 9.47 Å². The molecule has 0 fully saturated rings. The largest absolute Gasteiger partial charge is 0.486 e. The van der Waals surface area contributed by atoms with Crippen LogP contribution in [-0.2, 0) is 0 Å². The zero-order valence-electron chi connectivity index (χ0n) is 14.6. The van der Waals surface area contributed by atoms with Crippen molar-refractivity contribution in [3.8, 4) is 22.8 Å². The van der Waals surface area contributed by atoms with Gasteiger partial charge in [-0.15, -0.1) is 11.3 Å². The lowest BCUT2D eigenvalue weighted by Crippen LogP contribution is -2.15. The first kappa shape index (κ1) is 16.6. The summed E-state index contributed by atoms with van der Waals surface area (Å²) in [6, 6.07) is 13.1. The fraction of sp³-hybridized carbons (Fsp3) is 0.100. The van der Waals surface area contributed by atoms with Crippen LogP contribution < -0.4 is 14.8 Å². The zero-order valence-corrected chi connectivity index (χ0v) is 15.4. The van der Waals surface area contributed by atoms with Crippen molar-refractivity contribution in [2.75, 3.05) is 18.5 Å². The number of para-hydroxylation sites is 2. The Morgan fingerprint density at radius 1 is 1.00 bits per heavy atom. The Labute approximate surface area is 164 Å². The van der Waals surface area contributed by atoms with E-state index < -0.39 is 0 Å². The quantitative estimate of drug-likeness (QED) is 0.573. The number of nitrogens with zero attached hydrogens (tertiary/aromatic N) is 3. The third kappa shape index (κ3) is 3.14. The van der Waals surface area contributed by atoms with Crippen molar-refractivity contribution in [3.05, 3.63) is 59.7 Å². The topological polar surface area (TPSA) is 86.2 Å². The summed E-state index contributed by atoms with van der Waals surface area (Å²) >= 11 is 1.35. The van der Waals surface area contributed by atoms with Gasteiger partial charge in [-0.05, 0) is 30.3 Å². The van der Waals surface area contributed by atoms with Crippen molar-refractivity contribution >= 4 is 33.4 Å². The summed E-state index contributed by atoms with van der Waals surface area (Å²) < 4.78 is 11.2. The molecule has 1 amide bonds. The van der Waals surface area contributed by atoms with Gasteiger partial charge >= 0.3 is 0 Å². The smallest absolute Gasteiger partial charge is 0.277 e. The molecule has 3 heterocycles. The normalized spacial score (nSPS) is 12.7. The molecule has 2 aromatic carbocycles. The van der Waals surface area contributed by atoms with Gasteiger partial charge in [-0.1, -0.05) is 12.1 Å². The van der Waals surface area contributed by atoms with Gasteiger partial charge in [0.05, 0.1) is 22.9 Å². The van der Waals surface area contributed by atoms with E-state index in [2.05, 4.69) is 20.3 Å². The second kappa shape index (κ2) is 6.90. The summed E-state index contributed by atoms with van der Waals surface area (Å²) in [5.74, 6) is 1.09. The van der Waals surface area contributed by atoms with Crippen molar-refractivity contribution < 1.29 is 14.3 Å². The molecule has 2 aromatic heterocycles. The fourth-order valence-corrected chi connectivity index (χ4v) is 3.61. The average molecular weight is 390 g/mol. The van der Waals surface area contributed by atoms with E-state index in [4.69, 9.17) is 9.47 Å².